The van der Waals surface area contributed by atoms with Crippen LogP contribution >= 0.6 is 50.7 Å². The van der Waals surface area contributed by atoms with E-state index in [-0.39, 0.29) is 23.7 Å². The molecule has 0 aromatic heterocycles. The second-order valence-electron chi connectivity index (χ2n) is 6.61. The number of carbonyl (C=O) groups is 2. The van der Waals surface area contributed by atoms with Crippen LogP contribution in [0.15, 0.2) is 64.6 Å². The zero-order chi connectivity index (χ0) is 21.4. The van der Waals surface area contributed by atoms with Gasteiger partial charge >= 0.3 is 0 Å². The van der Waals surface area contributed by atoms with Crippen molar-refractivity contribution < 1.29 is 14.3 Å². The number of allylic oxidation sites excluding steroid dienone is 1. The number of benzene rings is 3. The molecule has 7 heteroatoms. The number of ketones is 2. The lowest BCUT2D eigenvalue weighted by atomic mass is 10.1. The van der Waals surface area contributed by atoms with E-state index in [1.54, 1.807) is 54.6 Å². The first-order valence-corrected chi connectivity index (χ1v) is 10.7. The maximum atomic E-state index is 12.6. The number of hydrogen-bond acceptors (Lipinski definition) is 3. The second-order valence-corrected chi connectivity index (χ2v) is 8.69. The molecule has 4 rings (SSSR count). The van der Waals surface area contributed by atoms with Gasteiger partial charge in [0.15, 0.2) is 17.3 Å². The summed E-state index contributed by atoms with van der Waals surface area (Å²) >= 11 is 21.8. The van der Waals surface area contributed by atoms with Gasteiger partial charge in [0.05, 0.1) is 25.1 Å². The van der Waals surface area contributed by atoms with Crippen molar-refractivity contribution in [2.45, 2.75) is 6.61 Å². The van der Waals surface area contributed by atoms with Gasteiger partial charge in [0, 0.05) is 11.1 Å². The Bertz CT molecular complexity index is 1170. The standard InChI is InChI=1S/C23H12BrCl3O3/c24-17-8-13(7-16-21(28)14-3-1-2-4-15(14)22(16)29)10-20(27)23(17)30-11-12-5-6-18(25)19(26)9-12/h1-10H,11H2. The number of hydrogen-bond donors (Lipinski definition) is 0. The minimum absolute atomic E-state index is 0.114. The Morgan fingerprint density at radius 3 is 2.10 bits per heavy atom. The Kier molecular flexibility index (Phi) is 6.03. The Balaban J connectivity index is 1.59. The van der Waals surface area contributed by atoms with Gasteiger partial charge in [-0.3, -0.25) is 9.59 Å². The summed E-state index contributed by atoms with van der Waals surface area (Å²) in [7, 11) is 0. The lowest BCUT2D eigenvalue weighted by Crippen LogP contribution is -2.01. The first-order valence-electron chi connectivity index (χ1n) is 8.81. The predicted molar refractivity (Wildman–Crippen MR) is 123 cm³/mol. The molecule has 30 heavy (non-hydrogen) atoms. The van der Waals surface area contributed by atoms with E-state index in [0.717, 1.165) is 5.56 Å². The quantitative estimate of drug-likeness (QED) is 0.264. The SMILES string of the molecule is O=C1C(=Cc2cc(Cl)c(OCc3ccc(Cl)c(Cl)c3)c(Br)c2)C(=O)c2ccccc21. The van der Waals surface area contributed by atoms with Crippen molar-refractivity contribution in [1.82, 2.24) is 0 Å². The van der Waals surface area contributed by atoms with E-state index in [2.05, 4.69) is 15.9 Å². The van der Waals surface area contributed by atoms with Crippen LogP contribution in [-0.4, -0.2) is 11.6 Å². The molecular formula is C23H12BrCl3O3. The van der Waals surface area contributed by atoms with E-state index in [4.69, 9.17) is 39.5 Å². The lowest BCUT2D eigenvalue weighted by Gasteiger charge is -2.12. The summed E-state index contributed by atoms with van der Waals surface area (Å²) in [5.41, 5.74) is 2.39. The maximum Gasteiger partial charge on any atom is 0.197 e. The van der Waals surface area contributed by atoms with Crippen molar-refractivity contribution in [2.24, 2.45) is 0 Å². The Morgan fingerprint density at radius 1 is 0.833 bits per heavy atom. The van der Waals surface area contributed by atoms with Crippen molar-refractivity contribution >= 4 is 68.4 Å². The van der Waals surface area contributed by atoms with Crippen LogP contribution in [0.25, 0.3) is 6.08 Å². The molecule has 0 saturated heterocycles. The highest BCUT2D eigenvalue weighted by Crippen LogP contribution is 2.37. The molecule has 0 amide bonds. The van der Waals surface area contributed by atoms with Crippen LogP contribution < -0.4 is 4.74 Å². The monoisotopic (exact) mass is 520 g/mol. The van der Waals surface area contributed by atoms with Crippen molar-refractivity contribution in [3.8, 4) is 5.75 Å². The molecule has 150 valence electrons. The topological polar surface area (TPSA) is 43.4 Å². The van der Waals surface area contributed by atoms with Crippen molar-refractivity contribution in [3.63, 3.8) is 0 Å². The summed E-state index contributed by atoms with van der Waals surface area (Å²) in [4.78, 5) is 25.2. The summed E-state index contributed by atoms with van der Waals surface area (Å²) in [6, 6.07) is 15.4. The van der Waals surface area contributed by atoms with Crippen LogP contribution in [0, 0.1) is 0 Å². The zero-order valence-corrected chi connectivity index (χ0v) is 19.1. The lowest BCUT2D eigenvalue weighted by molar-refractivity contribution is 0.0990. The largest absolute Gasteiger partial charge is 0.486 e. The first-order chi connectivity index (χ1) is 14.3. The number of fused-ring (bicyclic) bond motifs is 1. The van der Waals surface area contributed by atoms with E-state index in [1.165, 1.54) is 0 Å². The molecule has 0 spiro atoms. The summed E-state index contributed by atoms with van der Waals surface area (Å²) in [6.07, 6.45) is 1.55. The van der Waals surface area contributed by atoms with Gasteiger partial charge < -0.3 is 4.74 Å². The number of ether oxygens (including phenoxy) is 1. The fraction of sp³-hybridized carbons (Fsp3) is 0.0435. The minimum Gasteiger partial charge on any atom is -0.486 e. The van der Waals surface area contributed by atoms with Gasteiger partial charge in [0.25, 0.3) is 0 Å². The summed E-state index contributed by atoms with van der Waals surface area (Å²) < 4.78 is 6.43. The summed E-state index contributed by atoms with van der Waals surface area (Å²) in [5.74, 6) is -0.136. The zero-order valence-electron chi connectivity index (χ0n) is 15.2. The molecule has 0 unspecified atom stereocenters. The maximum absolute atomic E-state index is 12.6. The highest BCUT2D eigenvalue weighted by molar-refractivity contribution is 9.10. The van der Waals surface area contributed by atoms with Crippen molar-refractivity contribution in [2.75, 3.05) is 0 Å². The normalized spacial score (nSPS) is 12.9. The molecule has 1 aliphatic carbocycles. The van der Waals surface area contributed by atoms with E-state index in [0.29, 0.717) is 42.0 Å². The number of rotatable bonds is 4. The van der Waals surface area contributed by atoms with Gasteiger partial charge in [0.2, 0.25) is 0 Å². The van der Waals surface area contributed by atoms with E-state index < -0.39 is 0 Å². The Hall–Kier alpha value is -2.11. The Morgan fingerprint density at radius 2 is 1.50 bits per heavy atom. The van der Waals surface area contributed by atoms with E-state index in [9.17, 15) is 9.59 Å². The molecule has 1 aliphatic rings. The van der Waals surface area contributed by atoms with Gasteiger partial charge in [0.1, 0.15) is 6.61 Å². The third kappa shape index (κ3) is 4.06. The molecule has 0 radical (unpaired) electrons. The molecule has 0 fully saturated rings. The molecule has 0 saturated carbocycles. The predicted octanol–water partition coefficient (Wildman–Crippen LogP) is 7.45. The van der Waals surface area contributed by atoms with E-state index in [1.807, 2.05) is 6.07 Å². The van der Waals surface area contributed by atoms with Crippen LogP contribution in [0.5, 0.6) is 5.75 Å². The van der Waals surface area contributed by atoms with Crippen molar-refractivity contribution in [3.05, 3.63) is 102 Å². The molecule has 0 aliphatic heterocycles. The van der Waals surface area contributed by atoms with Gasteiger partial charge in [-0.15, -0.1) is 0 Å². The minimum atomic E-state index is -0.289. The fourth-order valence-electron chi connectivity index (χ4n) is 3.16. The van der Waals surface area contributed by atoms with Crippen LogP contribution in [0.4, 0.5) is 0 Å². The smallest absolute Gasteiger partial charge is 0.197 e. The van der Waals surface area contributed by atoms with Crippen LogP contribution in [0.2, 0.25) is 15.1 Å². The average Bonchev–Trinajstić information content (AvgIpc) is 2.95. The highest BCUT2D eigenvalue weighted by atomic mass is 79.9. The summed E-state index contributed by atoms with van der Waals surface area (Å²) in [5, 5.41) is 1.25. The molecule has 0 N–H and O–H groups in total. The number of carbonyl (C=O) groups excluding carboxylic acids is 2. The molecule has 3 nitrogen and oxygen atoms in total. The molecular weight excluding hydrogens is 511 g/mol. The van der Waals surface area contributed by atoms with Gasteiger partial charge in [-0.25, -0.2) is 0 Å². The number of halogens is 4. The highest BCUT2D eigenvalue weighted by Gasteiger charge is 2.32. The van der Waals surface area contributed by atoms with Gasteiger partial charge in [-0.05, 0) is 57.4 Å². The molecule has 3 aromatic carbocycles. The molecule has 0 bridgehead atoms. The number of Topliss-reactive ketones (excluding diaryl/α,β-unsaturated/α-hetero) is 2. The molecule has 0 atom stereocenters. The third-order valence-corrected chi connectivity index (χ3v) is 6.21. The average molecular weight is 523 g/mol. The molecule has 0 heterocycles. The second kappa shape index (κ2) is 8.56. The van der Waals surface area contributed by atoms with Crippen molar-refractivity contribution in [1.29, 1.82) is 0 Å². The third-order valence-electron chi connectivity index (χ3n) is 4.60. The molecule has 3 aromatic rings. The van der Waals surface area contributed by atoms with Gasteiger partial charge in [-0.1, -0.05) is 65.1 Å². The van der Waals surface area contributed by atoms with Gasteiger partial charge in [-0.2, -0.15) is 0 Å². The van der Waals surface area contributed by atoms with E-state index >= 15 is 0 Å². The first kappa shape index (κ1) is 21.1. The summed E-state index contributed by atoms with van der Waals surface area (Å²) in [6.45, 7) is 0.238. The van der Waals surface area contributed by atoms with Crippen LogP contribution in [0.3, 0.4) is 0 Å². The Labute approximate surface area is 196 Å². The van der Waals surface area contributed by atoms with Crippen LogP contribution in [-0.2, 0) is 6.61 Å². The van der Waals surface area contributed by atoms with Crippen LogP contribution in [0.1, 0.15) is 31.8 Å². The fourth-order valence-corrected chi connectivity index (χ4v) is 4.47.